The summed E-state index contributed by atoms with van der Waals surface area (Å²) in [5.41, 5.74) is 0.812. The number of piperidine rings is 1. The normalized spacial score (nSPS) is 16.8. The van der Waals surface area contributed by atoms with Crippen LogP contribution in [0.25, 0.3) is 0 Å². The first-order valence-corrected chi connectivity index (χ1v) is 6.43. The van der Waals surface area contributed by atoms with Crippen molar-refractivity contribution in [2.24, 2.45) is 0 Å². The summed E-state index contributed by atoms with van der Waals surface area (Å²) in [6.45, 7) is 0.465. The highest BCUT2D eigenvalue weighted by atomic mass is 79.9. The van der Waals surface area contributed by atoms with Gasteiger partial charge in [0.15, 0.2) is 0 Å². The van der Waals surface area contributed by atoms with E-state index in [1.807, 2.05) is 18.2 Å². The number of ketones is 1. The molecular weight excluding hydrogens is 338 g/mol. The highest BCUT2D eigenvalue weighted by Crippen LogP contribution is 2.31. The average Bonchev–Trinajstić information content (AvgIpc) is 2.22. The summed E-state index contributed by atoms with van der Waals surface area (Å²) in [6.07, 6.45) is 0.448. The number of nitrogens with zero attached hydrogens (tertiary/aromatic N) is 1. The molecule has 0 atom stereocenters. The smallest absolute Gasteiger partial charge is 0.234 e. The zero-order valence-electron chi connectivity index (χ0n) is 8.37. The van der Waals surface area contributed by atoms with Crippen LogP contribution >= 0.6 is 31.9 Å². The molecule has 2 rings (SSSR count). The molecule has 16 heavy (non-hydrogen) atoms. The van der Waals surface area contributed by atoms with E-state index in [9.17, 15) is 9.59 Å². The number of halogens is 2. The van der Waals surface area contributed by atoms with Gasteiger partial charge in [0, 0.05) is 21.9 Å². The zero-order chi connectivity index (χ0) is 11.7. The molecule has 0 unspecified atom stereocenters. The second-order valence-corrected chi connectivity index (χ2v) is 5.38. The lowest BCUT2D eigenvalue weighted by Crippen LogP contribution is -2.39. The monoisotopic (exact) mass is 345 g/mol. The molecule has 3 nitrogen and oxygen atoms in total. The van der Waals surface area contributed by atoms with Crippen molar-refractivity contribution in [1.82, 2.24) is 0 Å². The number of carbonyl (C=O) groups is 2. The molecule has 1 saturated heterocycles. The Kier molecular flexibility index (Phi) is 3.44. The molecule has 0 radical (unpaired) electrons. The van der Waals surface area contributed by atoms with E-state index in [1.54, 1.807) is 4.90 Å². The summed E-state index contributed by atoms with van der Waals surface area (Å²) < 4.78 is 1.77. The van der Waals surface area contributed by atoms with Crippen molar-refractivity contribution in [3.05, 3.63) is 27.1 Å². The summed E-state index contributed by atoms with van der Waals surface area (Å²) in [4.78, 5) is 24.5. The molecule has 1 aliphatic heterocycles. The first kappa shape index (κ1) is 11.8. The molecule has 0 bridgehead atoms. The maximum Gasteiger partial charge on any atom is 0.234 e. The van der Waals surface area contributed by atoms with Crippen LogP contribution in [0, 0.1) is 0 Å². The first-order valence-electron chi connectivity index (χ1n) is 4.85. The molecule has 84 valence electrons. The third kappa shape index (κ3) is 2.35. The van der Waals surface area contributed by atoms with Crippen LogP contribution in [-0.2, 0) is 9.59 Å². The Morgan fingerprint density at radius 2 is 1.94 bits per heavy atom. The summed E-state index contributed by atoms with van der Waals surface area (Å²) in [5, 5.41) is 0. The van der Waals surface area contributed by atoms with E-state index in [0.29, 0.717) is 13.0 Å². The van der Waals surface area contributed by atoms with Crippen molar-refractivity contribution in [3.8, 4) is 0 Å². The van der Waals surface area contributed by atoms with Crippen LogP contribution in [-0.4, -0.2) is 18.2 Å². The minimum Gasteiger partial charge on any atom is -0.310 e. The SMILES string of the molecule is O=C1CCN(c2cc(Br)ccc2Br)C(=O)C1. The maximum absolute atomic E-state index is 11.7. The highest BCUT2D eigenvalue weighted by molar-refractivity contribution is 9.11. The van der Waals surface area contributed by atoms with Gasteiger partial charge in [0.05, 0.1) is 12.1 Å². The van der Waals surface area contributed by atoms with E-state index in [2.05, 4.69) is 31.9 Å². The van der Waals surface area contributed by atoms with Gasteiger partial charge in [0.2, 0.25) is 5.91 Å². The molecule has 1 aromatic carbocycles. The number of amides is 1. The Hall–Kier alpha value is -0.680. The minimum atomic E-state index is -0.130. The molecule has 0 aliphatic carbocycles. The van der Waals surface area contributed by atoms with Crippen molar-refractivity contribution >= 4 is 49.2 Å². The highest BCUT2D eigenvalue weighted by Gasteiger charge is 2.26. The minimum absolute atomic E-state index is 0.0129. The molecule has 0 N–H and O–H groups in total. The lowest BCUT2D eigenvalue weighted by molar-refractivity contribution is -0.128. The van der Waals surface area contributed by atoms with Crippen LogP contribution in [0.5, 0.6) is 0 Å². The molecule has 0 saturated carbocycles. The Balaban J connectivity index is 2.33. The van der Waals surface area contributed by atoms with Crippen LogP contribution in [0.15, 0.2) is 27.1 Å². The number of carbonyl (C=O) groups excluding carboxylic acids is 2. The van der Waals surface area contributed by atoms with Crippen molar-refractivity contribution < 1.29 is 9.59 Å². The molecule has 1 aliphatic rings. The fourth-order valence-corrected chi connectivity index (χ4v) is 2.47. The molecule has 1 heterocycles. The van der Waals surface area contributed by atoms with Crippen LogP contribution in [0.4, 0.5) is 5.69 Å². The molecule has 1 fully saturated rings. The van der Waals surface area contributed by atoms with E-state index in [1.165, 1.54) is 0 Å². The molecule has 1 amide bonds. The van der Waals surface area contributed by atoms with Gasteiger partial charge < -0.3 is 4.90 Å². The standard InChI is InChI=1S/C11H9Br2NO2/c12-7-1-2-9(13)10(5-7)14-4-3-8(15)6-11(14)16/h1-2,5H,3-4,6H2. The van der Waals surface area contributed by atoms with Crippen LogP contribution in [0.2, 0.25) is 0 Å². The summed E-state index contributed by atoms with van der Waals surface area (Å²) >= 11 is 6.78. The van der Waals surface area contributed by atoms with Gasteiger partial charge in [-0.15, -0.1) is 0 Å². The van der Waals surface area contributed by atoms with Crippen molar-refractivity contribution in [2.75, 3.05) is 11.4 Å². The van der Waals surface area contributed by atoms with Gasteiger partial charge in [-0.05, 0) is 34.1 Å². The van der Waals surface area contributed by atoms with Gasteiger partial charge in [-0.3, -0.25) is 9.59 Å². The van der Waals surface area contributed by atoms with E-state index in [4.69, 9.17) is 0 Å². The average molecular weight is 347 g/mol. The predicted octanol–water partition coefficient (Wildman–Crippen LogP) is 2.91. The molecular formula is C11H9Br2NO2. The van der Waals surface area contributed by atoms with E-state index in [-0.39, 0.29) is 18.1 Å². The fourth-order valence-electron chi connectivity index (χ4n) is 1.66. The predicted molar refractivity (Wildman–Crippen MR) is 68.4 cm³/mol. The van der Waals surface area contributed by atoms with Crippen molar-refractivity contribution in [1.29, 1.82) is 0 Å². The topological polar surface area (TPSA) is 37.4 Å². The molecule has 5 heteroatoms. The van der Waals surface area contributed by atoms with Gasteiger partial charge in [-0.1, -0.05) is 15.9 Å². The molecule has 1 aromatic rings. The van der Waals surface area contributed by atoms with Gasteiger partial charge in [0.25, 0.3) is 0 Å². The fraction of sp³-hybridized carbons (Fsp3) is 0.273. The Labute approximate surface area is 110 Å². The number of Topliss-reactive ketones (excluding diaryl/α,β-unsaturated/α-hetero) is 1. The zero-order valence-corrected chi connectivity index (χ0v) is 11.5. The maximum atomic E-state index is 11.7. The number of hydrogen-bond donors (Lipinski definition) is 0. The van der Waals surface area contributed by atoms with E-state index >= 15 is 0 Å². The van der Waals surface area contributed by atoms with Crippen molar-refractivity contribution in [2.45, 2.75) is 12.8 Å². The van der Waals surface area contributed by atoms with E-state index in [0.717, 1.165) is 14.6 Å². The molecule has 0 aromatic heterocycles. The van der Waals surface area contributed by atoms with Crippen LogP contribution in [0.1, 0.15) is 12.8 Å². The van der Waals surface area contributed by atoms with Gasteiger partial charge >= 0.3 is 0 Å². The third-order valence-electron chi connectivity index (χ3n) is 2.46. The Bertz CT molecular complexity index is 459. The van der Waals surface area contributed by atoms with Gasteiger partial charge in [0.1, 0.15) is 5.78 Å². The third-order valence-corrected chi connectivity index (χ3v) is 3.63. The van der Waals surface area contributed by atoms with Crippen molar-refractivity contribution in [3.63, 3.8) is 0 Å². The van der Waals surface area contributed by atoms with Gasteiger partial charge in [-0.2, -0.15) is 0 Å². The number of hydrogen-bond acceptors (Lipinski definition) is 2. The Morgan fingerprint density at radius 3 is 2.62 bits per heavy atom. The van der Waals surface area contributed by atoms with Crippen LogP contribution < -0.4 is 4.90 Å². The second kappa shape index (κ2) is 4.67. The summed E-state index contributed by atoms with van der Waals surface area (Å²) in [6, 6.07) is 5.65. The first-order chi connectivity index (χ1) is 7.58. The quantitative estimate of drug-likeness (QED) is 0.733. The van der Waals surface area contributed by atoms with Gasteiger partial charge in [-0.25, -0.2) is 0 Å². The van der Waals surface area contributed by atoms with Crippen LogP contribution in [0.3, 0.4) is 0 Å². The lowest BCUT2D eigenvalue weighted by Gasteiger charge is -2.27. The summed E-state index contributed by atoms with van der Waals surface area (Å²) in [7, 11) is 0. The lowest BCUT2D eigenvalue weighted by atomic mass is 10.1. The largest absolute Gasteiger partial charge is 0.310 e. The summed E-state index contributed by atoms with van der Waals surface area (Å²) in [5.74, 6) is -0.109. The second-order valence-electron chi connectivity index (χ2n) is 3.61. The number of benzene rings is 1. The Morgan fingerprint density at radius 1 is 1.19 bits per heavy atom. The number of anilines is 1. The number of rotatable bonds is 1. The molecule has 0 spiro atoms. The van der Waals surface area contributed by atoms with E-state index < -0.39 is 0 Å².